The molecule has 0 saturated heterocycles. The third kappa shape index (κ3) is 5.16. The quantitative estimate of drug-likeness (QED) is 0.245. The highest BCUT2D eigenvalue weighted by atomic mass is 32.2. The average molecular weight is 450 g/mol. The first kappa shape index (κ1) is 22.0. The summed E-state index contributed by atoms with van der Waals surface area (Å²) in [6.45, 7) is 3.69. The van der Waals surface area contributed by atoms with E-state index in [1.807, 2.05) is 54.6 Å². The maximum atomic E-state index is 5.49. The van der Waals surface area contributed by atoms with Gasteiger partial charge in [-0.25, -0.2) is 0 Å². The minimum atomic E-state index is 0.672. The molecule has 0 fully saturated rings. The molecule has 166 valence electrons. The fraction of sp³-hybridized carbons (Fsp3) is 0.348. The molecule has 0 unspecified atom stereocenters. The van der Waals surface area contributed by atoms with Crippen LogP contribution in [-0.2, 0) is 13.1 Å². The molecule has 0 aliphatic rings. The topological polar surface area (TPSA) is 83.5 Å². The van der Waals surface area contributed by atoms with Gasteiger partial charge in [-0.05, 0) is 37.1 Å². The van der Waals surface area contributed by atoms with Crippen molar-refractivity contribution in [3.8, 4) is 28.5 Å². The predicted molar refractivity (Wildman–Crippen MR) is 126 cm³/mol. The molecule has 0 aliphatic heterocycles. The maximum absolute atomic E-state index is 5.49. The Balaban J connectivity index is 1.25. The van der Waals surface area contributed by atoms with E-state index in [1.165, 1.54) is 0 Å². The highest BCUT2D eigenvalue weighted by Gasteiger charge is 2.16. The normalized spacial score (nSPS) is 11.1. The van der Waals surface area contributed by atoms with Crippen LogP contribution < -0.4 is 4.74 Å². The van der Waals surface area contributed by atoms with Gasteiger partial charge in [0, 0.05) is 17.9 Å². The molecule has 0 radical (unpaired) electrons. The molecule has 9 heteroatoms. The second-order valence-electron chi connectivity index (χ2n) is 7.23. The summed E-state index contributed by atoms with van der Waals surface area (Å²) in [6.07, 6.45) is 3.19. The molecule has 2 heterocycles. The van der Waals surface area contributed by atoms with E-state index in [1.54, 1.807) is 23.7 Å². The van der Waals surface area contributed by atoms with E-state index in [0.717, 1.165) is 66.0 Å². The molecule has 0 aliphatic carbocycles. The van der Waals surface area contributed by atoms with E-state index in [-0.39, 0.29) is 0 Å². The van der Waals surface area contributed by atoms with Crippen LogP contribution in [-0.4, -0.2) is 47.8 Å². The number of aromatic nitrogens is 7. The summed E-state index contributed by atoms with van der Waals surface area (Å²) in [5.74, 6) is 3.32. The lowest BCUT2D eigenvalue weighted by atomic mass is 10.2. The molecule has 32 heavy (non-hydrogen) atoms. The molecule has 4 aromatic rings. The zero-order valence-corrected chi connectivity index (χ0v) is 19.2. The zero-order valence-electron chi connectivity index (χ0n) is 18.4. The summed E-state index contributed by atoms with van der Waals surface area (Å²) >= 11 is 1.75. The zero-order chi connectivity index (χ0) is 22.2. The summed E-state index contributed by atoms with van der Waals surface area (Å²) < 4.78 is 7.64. The van der Waals surface area contributed by atoms with Gasteiger partial charge in [0.15, 0.2) is 11.0 Å². The van der Waals surface area contributed by atoms with Crippen molar-refractivity contribution in [3.63, 3.8) is 0 Å². The van der Waals surface area contributed by atoms with Gasteiger partial charge in [-0.3, -0.25) is 0 Å². The largest absolute Gasteiger partial charge is 0.496 e. The third-order valence-electron chi connectivity index (χ3n) is 5.10. The Morgan fingerprint density at radius 1 is 0.906 bits per heavy atom. The number of unbranched alkanes of at least 4 members (excludes halogenated alkanes) is 2. The third-order valence-corrected chi connectivity index (χ3v) is 6.15. The number of rotatable bonds is 11. The van der Waals surface area contributed by atoms with Crippen molar-refractivity contribution in [2.75, 3.05) is 12.9 Å². The van der Waals surface area contributed by atoms with Crippen LogP contribution in [0.4, 0.5) is 0 Å². The number of tetrazole rings is 1. The Morgan fingerprint density at radius 2 is 1.72 bits per heavy atom. The number of hydrogen-bond donors (Lipinski definition) is 0. The molecule has 8 nitrogen and oxygen atoms in total. The van der Waals surface area contributed by atoms with Gasteiger partial charge in [-0.1, -0.05) is 60.6 Å². The van der Waals surface area contributed by atoms with Crippen LogP contribution in [0.1, 0.15) is 26.2 Å². The summed E-state index contributed by atoms with van der Waals surface area (Å²) in [6, 6.07) is 17.8. The molecule has 2 aromatic carbocycles. The number of thioether (sulfide) groups is 1. The summed E-state index contributed by atoms with van der Waals surface area (Å²) in [5, 5.41) is 22.6. The second kappa shape index (κ2) is 10.9. The van der Waals surface area contributed by atoms with Crippen molar-refractivity contribution in [3.05, 3.63) is 54.6 Å². The number of ether oxygens (including phenoxy) is 1. The Kier molecular flexibility index (Phi) is 7.50. The van der Waals surface area contributed by atoms with Gasteiger partial charge >= 0.3 is 0 Å². The van der Waals surface area contributed by atoms with Crippen molar-refractivity contribution in [2.45, 2.75) is 44.4 Å². The van der Waals surface area contributed by atoms with E-state index < -0.39 is 0 Å². The van der Waals surface area contributed by atoms with Gasteiger partial charge in [-0.15, -0.1) is 20.4 Å². The monoisotopic (exact) mass is 449 g/mol. The Hall–Kier alpha value is -3.20. The van der Waals surface area contributed by atoms with Crippen LogP contribution in [0.5, 0.6) is 5.75 Å². The maximum Gasteiger partial charge on any atom is 0.204 e. The number of methoxy groups -OCH3 is 1. The fourth-order valence-electron chi connectivity index (χ4n) is 3.45. The molecular formula is C23H27N7OS. The van der Waals surface area contributed by atoms with Crippen molar-refractivity contribution in [1.29, 1.82) is 0 Å². The second-order valence-corrected chi connectivity index (χ2v) is 8.30. The molecule has 0 bridgehead atoms. The smallest absolute Gasteiger partial charge is 0.204 e. The predicted octanol–water partition coefficient (Wildman–Crippen LogP) is 4.59. The minimum Gasteiger partial charge on any atom is -0.496 e. The van der Waals surface area contributed by atoms with E-state index >= 15 is 0 Å². The van der Waals surface area contributed by atoms with E-state index in [2.05, 4.69) is 37.1 Å². The van der Waals surface area contributed by atoms with Gasteiger partial charge in [0.05, 0.1) is 19.2 Å². The molecule has 0 amide bonds. The molecule has 2 aromatic heterocycles. The van der Waals surface area contributed by atoms with Gasteiger partial charge in [-0.2, -0.15) is 4.80 Å². The molecule has 0 spiro atoms. The molecular weight excluding hydrogens is 422 g/mol. The average Bonchev–Trinajstić information content (AvgIpc) is 3.48. The fourth-order valence-corrected chi connectivity index (χ4v) is 4.45. The summed E-state index contributed by atoms with van der Waals surface area (Å²) in [4.78, 5) is 1.68. The summed E-state index contributed by atoms with van der Waals surface area (Å²) in [5.41, 5.74) is 1.95. The first-order chi connectivity index (χ1) is 15.8. The lowest BCUT2D eigenvalue weighted by Gasteiger charge is -2.10. The molecule has 0 atom stereocenters. The number of benzene rings is 2. The van der Waals surface area contributed by atoms with Crippen molar-refractivity contribution < 1.29 is 4.74 Å². The SMILES string of the molecule is CCn1c(SCCCCCn2nnc(-c3ccccc3)n2)nnc1-c1ccccc1OC. The van der Waals surface area contributed by atoms with E-state index in [9.17, 15) is 0 Å². The number of hydrogen-bond acceptors (Lipinski definition) is 7. The molecule has 0 saturated carbocycles. The van der Waals surface area contributed by atoms with E-state index in [4.69, 9.17) is 4.74 Å². The number of aryl methyl sites for hydroxylation is 1. The van der Waals surface area contributed by atoms with Crippen LogP contribution in [0.15, 0.2) is 59.8 Å². The van der Waals surface area contributed by atoms with Crippen LogP contribution in [0.25, 0.3) is 22.8 Å². The Morgan fingerprint density at radius 3 is 2.53 bits per heavy atom. The summed E-state index contributed by atoms with van der Waals surface area (Å²) in [7, 11) is 1.68. The van der Waals surface area contributed by atoms with Gasteiger partial charge in [0.1, 0.15) is 5.75 Å². The van der Waals surface area contributed by atoms with Crippen LogP contribution in [0.3, 0.4) is 0 Å². The highest BCUT2D eigenvalue weighted by molar-refractivity contribution is 7.99. The Labute approximate surface area is 192 Å². The van der Waals surface area contributed by atoms with Gasteiger partial charge in [0.2, 0.25) is 5.82 Å². The molecule has 0 N–H and O–H groups in total. The molecule has 4 rings (SSSR count). The standard InChI is InChI=1S/C23H27N7OS/c1-3-29-22(19-14-8-9-15-20(19)31-2)25-26-23(29)32-17-11-5-10-16-30-27-21(24-28-30)18-12-6-4-7-13-18/h4,6-9,12-15H,3,5,10-11,16-17H2,1-2H3. The van der Waals surface area contributed by atoms with Crippen molar-refractivity contribution in [2.24, 2.45) is 0 Å². The van der Waals surface area contributed by atoms with Gasteiger partial charge < -0.3 is 9.30 Å². The van der Waals surface area contributed by atoms with Gasteiger partial charge in [0.25, 0.3) is 0 Å². The van der Waals surface area contributed by atoms with E-state index in [0.29, 0.717) is 5.82 Å². The first-order valence-electron chi connectivity index (χ1n) is 10.8. The Bertz CT molecular complexity index is 1130. The number of nitrogens with zero attached hydrogens (tertiary/aromatic N) is 7. The van der Waals surface area contributed by atoms with Crippen molar-refractivity contribution in [1.82, 2.24) is 35.0 Å². The lowest BCUT2D eigenvalue weighted by Crippen LogP contribution is -2.03. The highest BCUT2D eigenvalue weighted by Crippen LogP contribution is 2.31. The minimum absolute atomic E-state index is 0.672. The lowest BCUT2D eigenvalue weighted by molar-refractivity contribution is 0.416. The van der Waals surface area contributed by atoms with Crippen LogP contribution in [0.2, 0.25) is 0 Å². The number of para-hydroxylation sites is 1. The van der Waals surface area contributed by atoms with Crippen LogP contribution in [0, 0.1) is 0 Å². The van der Waals surface area contributed by atoms with Crippen LogP contribution >= 0.6 is 11.8 Å². The first-order valence-corrected chi connectivity index (χ1v) is 11.8. The van der Waals surface area contributed by atoms with Crippen molar-refractivity contribution >= 4 is 11.8 Å².